The summed E-state index contributed by atoms with van der Waals surface area (Å²) in [5.74, 6) is 0.540. The van der Waals surface area contributed by atoms with Gasteiger partial charge in [-0.15, -0.1) is 23.2 Å². The molecule has 0 radical (unpaired) electrons. The van der Waals surface area contributed by atoms with Gasteiger partial charge in [-0.1, -0.05) is 6.92 Å². The average Bonchev–Trinajstić information content (AvgIpc) is 2.11. The quantitative estimate of drug-likeness (QED) is 0.785. The first kappa shape index (κ1) is 14.8. The van der Waals surface area contributed by atoms with Gasteiger partial charge in [-0.05, 0) is 27.2 Å². The lowest BCUT2D eigenvalue weighted by Crippen LogP contribution is -2.52. The zero-order valence-electron chi connectivity index (χ0n) is 9.69. The van der Waals surface area contributed by atoms with Gasteiger partial charge >= 0.3 is 6.09 Å². The molecule has 90 valence electrons. The molecule has 15 heavy (non-hydrogen) atoms. The molecule has 1 amide bonds. The Balaban J connectivity index is 4.36. The van der Waals surface area contributed by atoms with Crippen LogP contribution in [0.15, 0.2) is 0 Å². The number of rotatable bonds is 4. The van der Waals surface area contributed by atoms with Gasteiger partial charge in [0, 0.05) is 11.8 Å². The maximum absolute atomic E-state index is 11.5. The van der Waals surface area contributed by atoms with Crippen LogP contribution in [0.2, 0.25) is 0 Å². The summed E-state index contributed by atoms with van der Waals surface area (Å²) in [7, 11) is 0. The molecule has 0 aromatic heterocycles. The van der Waals surface area contributed by atoms with Crippen molar-refractivity contribution in [1.29, 1.82) is 0 Å². The fraction of sp³-hybridized carbons (Fsp3) is 0.900. The minimum absolute atomic E-state index is 0.270. The first-order valence-corrected chi connectivity index (χ1v) is 5.98. The number of halogens is 2. The Kier molecular flexibility index (Phi) is 5.75. The molecule has 1 N–H and O–H groups in total. The number of alkyl carbamates (subject to hydrolysis) is 1. The molecule has 0 rings (SSSR count). The fourth-order valence-electron chi connectivity index (χ4n) is 0.900. The summed E-state index contributed by atoms with van der Waals surface area (Å²) in [5.41, 5.74) is -1.09. The summed E-state index contributed by atoms with van der Waals surface area (Å²) >= 11 is 11.6. The third kappa shape index (κ3) is 5.47. The highest BCUT2D eigenvalue weighted by atomic mass is 35.5. The van der Waals surface area contributed by atoms with Gasteiger partial charge in [-0.3, -0.25) is 0 Å². The lowest BCUT2D eigenvalue weighted by Gasteiger charge is -2.31. The van der Waals surface area contributed by atoms with Crippen LogP contribution in [0.5, 0.6) is 0 Å². The first-order chi connectivity index (χ1) is 6.78. The van der Waals surface area contributed by atoms with Gasteiger partial charge in [-0.25, -0.2) is 4.79 Å². The molecule has 5 heteroatoms. The lowest BCUT2D eigenvalue weighted by molar-refractivity contribution is 0.0473. The van der Waals surface area contributed by atoms with E-state index < -0.39 is 17.2 Å². The highest BCUT2D eigenvalue weighted by Crippen LogP contribution is 2.16. The van der Waals surface area contributed by atoms with E-state index in [1.807, 2.05) is 27.7 Å². The van der Waals surface area contributed by atoms with Crippen molar-refractivity contribution in [3.05, 3.63) is 0 Å². The molecule has 0 saturated carbocycles. The number of amides is 1. The van der Waals surface area contributed by atoms with Crippen molar-refractivity contribution < 1.29 is 9.53 Å². The molecular formula is C10H19Cl2NO2. The van der Waals surface area contributed by atoms with Gasteiger partial charge in [0.1, 0.15) is 5.60 Å². The predicted octanol–water partition coefficient (Wildman–Crippen LogP) is 3.14. The minimum atomic E-state index is -0.578. The van der Waals surface area contributed by atoms with Crippen molar-refractivity contribution >= 4 is 29.3 Å². The van der Waals surface area contributed by atoms with Crippen molar-refractivity contribution in [3.63, 3.8) is 0 Å². The third-order valence-corrected chi connectivity index (χ3v) is 2.98. The van der Waals surface area contributed by atoms with Crippen LogP contribution in [0, 0.1) is 0 Å². The Morgan fingerprint density at radius 3 is 2.00 bits per heavy atom. The zero-order chi connectivity index (χ0) is 12.1. The first-order valence-electron chi connectivity index (χ1n) is 4.91. The van der Waals surface area contributed by atoms with Crippen LogP contribution in [0.3, 0.4) is 0 Å². The van der Waals surface area contributed by atoms with Gasteiger partial charge in [0.25, 0.3) is 0 Å². The summed E-state index contributed by atoms with van der Waals surface area (Å²) in [6.45, 7) is 7.34. The van der Waals surface area contributed by atoms with Gasteiger partial charge in [0.05, 0.1) is 5.54 Å². The standard InChI is InChI=1S/C10H19Cl2NO2/c1-5-10(6-11,7-12)13-8(14)15-9(2,3)4/h5-7H2,1-4H3,(H,13,14). The highest BCUT2D eigenvalue weighted by Gasteiger charge is 2.30. The second-order valence-corrected chi connectivity index (χ2v) is 5.06. The van der Waals surface area contributed by atoms with Gasteiger partial charge in [-0.2, -0.15) is 0 Å². The minimum Gasteiger partial charge on any atom is -0.444 e. The van der Waals surface area contributed by atoms with E-state index in [0.717, 1.165) is 0 Å². The average molecular weight is 256 g/mol. The normalized spacial score (nSPS) is 12.4. The summed E-state index contributed by atoms with van der Waals surface area (Å²) in [6.07, 6.45) is 0.185. The largest absolute Gasteiger partial charge is 0.444 e. The topological polar surface area (TPSA) is 38.3 Å². The van der Waals surface area contributed by atoms with Crippen LogP contribution in [-0.4, -0.2) is 29.0 Å². The molecule has 0 heterocycles. The van der Waals surface area contributed by atoms with Gasteiger partial charge < -0.3 is 10.1 Å². The van der Waals surface area contributed by atoms with Crippen LogP contribution < -0.4 is 5.32 Å². The van der Waals surface area contributed by atoms with E-state index in [1.54, 1.807) is 0 Å². The zero-order valence-corrected chi connectivity index (χ0v) is 11.2. The predicted molar refractivity (Wildman–Crippen MR) is 63.8 cm³/mol. The molecule has 0 aliphatic heterocycles. The van der Waals surface area contributed by atoms with Crippen molar-refractivity contribution in [2.24, 2.45) is 0 Å². The third-order valence-electron chi connectivity index (χ3n) is 1.95. The van der Waals surface area contributed by atoms with E-state index in [2.05, 4.69) is 5.32 Å². The molecule has 0 bridgehead atoms. The molecular weight excluding hydrogens is 237 g/mol. The molecule has 0 spiro atoms. The van der Waals surface area contributed by atoms with Crippen LogP contribution in [0.25, 0.3) is 0 Å². The second-order valence-electron chi connectivity index (χ2n) is 4.53. The number of ether oxygens (including phenoxy) is 1. The summed E-state index contributed by atoms with van der Waals surface area (Å²) in [5, 5.41) is 2.71. The smallest absolute Gasteiger partial charge is 0.408 e. The Labute approximate surface area is 101 Å². The van der Waals surface area contributed by atoms with Crippen molar-refractivity contribution in [2.45, 2.75) is 45.3 Å². The van der Waals surface area contributed by atoms with Crippen LogP contribution in [0.1, 0.15) is 34.1 Å². The number of carbonyl (C=O) groups is 1. The molecule has 0 saturated heterocycles. The van der Waals surface area contributed by atoms with Crippen molar-refractivity contribution in [3.8, 4) is 0 Å². The number of carbonyl (C=O) groups excluding carboxylic acids is 1. The van der Waals surface area contributed by atoms with E-state index in [-0.39, 0.29) is 11.8 Å². The number of nitrogens with one attached hydrogen (secondary N) is 1. The molecule has 0 unspecified atom stereocenters. The fourth-order valence-corrected chi connectivity index (χ4v) is 1.70. The van der Waals surface area contributed by atoms with Gasteiger partial charge in [0.2, 0.25) is 0 Å². The Hall–Kier alpha value is -0.150. The maximum atomic E-state index is 11.5. The molecule has 0 aliphatic rings. The molecule has 0 atom stereocenters. The van der Waals surface area contributed by atoms with Crippen LogP contribution >= 0.6 is 23.2 Å². The second kappa shape index (κ2) is 5.80. The van der Waals surface area contributed by atoms with E-state index in [0.29, 0.717) is 6.42 Å². The van der Waals surface area contributed by atoms with Crippen molar-refractivity contribution in [2.75, 3.05) is 11.8 Å². The molecule has 3 nitrogen and oxygen atoms in total. The van der Waals surface area contributed by atoms with Gasteiger partial charge in [0.15, 0.2) is 0 Å². The Morgan fingerprint density at radius 2 is 1.73 bits per heavy atom. The van der Waals surface area contributed by atoms with E-state index >= 15 is 0 Å². The van der Waals surface area contributed by atoms with E-state index in [4.69, 9.17) is 27.9 Å². The van der Waals surface area contributed by atoms with Crippen LogP contribution in [-0.2, 0) is 4.74 Å². The highest BCUT2D eigenvalue weighted by molar-refractivity contribution is 6.22. The number of alkyl halides is 2. The van der Waals surface area contributed by atoms with E-state index in [9.17, 15) is 4.79 Å². The summed E-state index contributed by atoms with van der Waals surface area (Å²) in [4.78, 5) is 11.5. The summed E-state index contributed by atoms with van der Waals surface area (Å²) < 4.78 is 5.13. The lowest BCUT2D eigenvalue weighted by atomic mass is 10.0. The molecule has 0 aliphatic carbocycles. The Bertz CT molecular complexity index is 202. The SMILES string of the molecule is CCC(CCl)(CCl)NC(=O)OC(C)(C)C. The number of hydrogen-bond acceptors (Lipinski definition) is 2. The number of hydrogen-bond donors (Lipinski definition) is 1. The monoisotopic (exact) mass is 255 g/mol. The maximum Gasteiger partial charge on any atom is 0.408 e. The van der Waals surface area contributed by atoms with Crippen LogP contribution in [0.4, 0.5) is 4.79 Å². The molecule has 0 aromatic rings. The molecule has 0 aromatic carbocycles. The Morgan fingerprint density at radius 1 is 1.27 bits per heavy atom. The van der Waals surface area contributed by atoms with Crippen molar-refractivity contribution in [1.82, 2.24) is 5.32 Å². The van der Waals surface area contributed by atoms with E-state index in [1.165, 1.54) is 0 Å². The summed E-state index contributed by atoms with van der Waals surface area (Å²) in [6, 6.07) is 0. The molecule has 0 fully saturated rings.